The number of amides is 1. The summed E-state index contributed by atoms with van der Waals surface area (Å²) in [5.41, 5.74) is 1.28. The molecule has 1 aliphatic rings. The number of phenolic OH excluding ortho intramolecular Hbond substituents is 1. The molecule has 0 aromatic heterocycles. The number of aliphatic imine (C=N–C) groups is 1. The summed E-state index contributed by atoms with van der Waals surface area (Å²) >= 11 is 1.30. The number of para-hydroxylation sites is 1. The molecule has 0 radical (unpaired) electrons. The second kappa shape index (κ2) is 9.52. The Labute approximate surface area is 174 Å². The molecule has 0 atom stereocenters. The van der Waals surface area contributed by atoms with E-state index in [0.29, 0.717) is 34.5 Å². The summed E-state index contributed by atoms with van der Waals surface area (Å²) in [6.07, 6.45) is 2.50. The minimum atomic E-state index is -0.120. The lowest BCUT2D eigenvalue weighted by Crippen LogP contribution is -2.29. The van der Waals surface area contributed by atoms with Crippen molar-refractivity contribution < 1.29 is 19.4 Å². The summed E-state index contributed by atoms with van der Waals surface area (Å²) in [6.45, 7) is 4.89. The van der Waals surface area contributed by atoms with E-state index < -0.39 is 0 Å². The van der Waals surface area contributed by atoms with Gasteiger partial charge >= 0.3 is 0 Å². The molecule has 3 rings (SSSR count). The average Bonchev–Trinajstić information content (AvgIpc) is 3.01. The van der Waals surface area contributed by atoms with Gasteiger partial charge in [-0.2, -0.15) is 0 Å². The highest BCUT2D eigenvalue weighted by molar-refractivity contribution is 8.18. The molecule has 0 saturated carbocycles. The molecule has 0 unspecified atom stereocenters. The van der Waals surface area contributed by atoms with Crippen molar-refractivity contribution in [3.05, 3.63) is 52.9 Å². The Hall–Kier alpha value is -2.93. The number of amidine groups is 1. The van der Waals surface area contributed by atoms with Crippen molar-refractivity contribution >= 4 is 34.6 Å². The van der Waals surface area contributed by atoms with E-state index in [0.717, 1.165) is 17.9 Å². The largest absolute Gasteiger partial charge is 0.504 e. The van der Waals surface area contributed by atoms with Crippen LogP contribution in [-0.2, 0) is 4.79 Å². The van der Waals surface area contributed by atoms with Crippen molar-refractivity contribution in [2.45, 2.75) is 20.3 Å². The zero-order valence-electron chi connectivity index (χ0n) is 16.7. The molecule has 1 fully saturated rings. The van der Waals surface area contributed by atoms with Crippen molar-refractivity contribution in [3.63, 3.8) is 0 Å². The fourth-order valence-electron chi connectivity index (χ4n) is 2.85. The van der Waals surface area contributed by atoms with Crippen LogP contribution in [0.3, 0.4) is 0 Å². The lowest BCUT2D eigenvalue weighted by Gasteiger charge is -2.14. The highest BCUT2D eigenvalue weighted by atomic mass is 32.2. The third-order valence-electron chi connectivity index (χ3n) is 4.25. The van der Waals surface area contributed by atoms with Crippen molar-refractivity contribution in [2.24, 2.45) is 4.99 Å². The predicted molar refractivity (Wildman–Crippen MR) is 117 cm³/mol. The number of ether oxygens (including phenoxy) is 2. The molecule has 1 N–H and O–H groups in total. The van der Waals surface area contributed by atoms with Crippen LogP contribution in [0.4, 0.5) is 5.69 Å². The molecular weight excluding hydrogens is 388 g/mol. The first-order valence-electron chi connectivity index (χ1n) is 9.46. The van der Waals surface area contributed by atoms with Crippen molar-refractivity contribution in [1.82, 2.24) is 4.90 Å². The monoisotopic (exact) mass is 412 g/mol. The molecule has 2 aromatic rings. The molecule has 152 valence electrons. The molecule has 6 nitrogen and oxygen atoms in total. The first kappa shape index (κ1) is 20.8. The first-order valence-corrected chi connectivity index (χ1v) is 10.3. The van der Waals surface area contributed by atoms with Crippen LogP contribution in [0.25, 0.3) is 6.08 Å². The molecule has 1 heterocycles. The molecule has 29 heavy (non-hydrogen) atoms. The van der Waals surface area contributed by atoms with Gasteiger partial charge in [-0.3, -0.25) is 9.69 Å². The number of nitrogens with zero attached hydrogens (tertiary/aromatic N) is 2. The SMILES string of the molecule is CCCN1C(=O)C(=Cc2cccc(OCC)c2O)SC1=Nc1ccc(OC)cc1. The van der Waals surface area contributed by atoms with Crippen LogP contribution >= 0.6 is 11.8 Å². The van der Waals surface area contributed by atoms with E-state index in [1.54, 1.807) is 36.3 Å². The summed E-state index contributed by atoms with van der Waals surface area (Å²) in [4.78, 5) is 19.8. The van der Waals surface area contributed by atoms with Gasteiger partial charge in [0.15, 0.2) is 16.7 Å². The summed E-state index contributed by atoms with van der Waals surface area (Å²) in [7, 11) is 1.61. The van der Waals surface area contributed by atoms with Crippen LogP contribution in [0.2, 0.25) is 0 Å². The fraction of sp³-hybridized carbons (Fsp3) is 0.273. The van der Waals surface area contributed by atoms with Gasteiger partial charge in [0.25, 0.3) is 5.91 Å². The number of rotatable bonds is 7. The van der Waals surface area contributed by atoms with Crippen LogP contribution in [-0.4, -0.2) is 41.3 Å². The van der Waals surface area contributed by atoms with Crippen molar-refractivity contribution in [1.29, 1.82) is 0 Å². The maximum Gasteiger partial charge on any atom is 0.266 e. The molecule has 1 saturated heterocycles. The van der Waals surface area contributed by atoms with Gasteiger partial charge in [-0.25, -0.2) is 4.99 Å². The minimum absolute atomic E-state index is 0.0258. The number of benzene rings is 2. The van der Waals surface area contributed by atoms with Crippen molar-refractivity contribution in [3.8, 4) is 17.2 Å². The van der Waals surface area contributed by atoms with Gasteiger partial charge in [-0.05, 0) is 61.5 Å². The third-order valence-corrected chi connectivity index (χ3v) is 5.26. The summed E-state index contributed by atoms with van der Waals surface area (Å²) < 4.78 is 10.6. The van der Waals surface area contributed by atoms with E-state index in [2.05, 4.69) is 4.99 Å². The Kier molecular flexibility index (Phi) is 6.82. The van der Waals surface area contributed by atoms with Gasteiger partial charge in [0.05, 0.1) is 24.3 Å². The van der Waals surface area contributed by atoms with E-state index in [9.17, 15) is 9.90 Å². The topological polar surface area (TPSA) is 71.4 Å². The molecular formula is C22H24N2O4S. The number of methoxy groups -OCH3 is 1. The molecule has 0 aliphatic carbocycles. The second-order valence-electron chi connectivity index (χ2n) is 6.29. The van der Waals surface area contributed by atoms with Gasteiger partial charge in [-0.1, -0.05) is 19.1 Å². The molecule has 7 heteroatoms. The highest BCUT2D eigenvalue weighted by Crippen LogP contribution is 2.37. The average molecular weight is 413 g/mol. The number of carbonyl (C=O) groups excluding carboxylic acids is 1. The maximum atomic E-state index is 12.9. The van der Waals surface area contributed by atoms with Gasteiger partial charge in [0.2, 0.25) is 0 Å². The maximum absolute atomic E-state index is 12.9. The predicted octanol–water partition coefficient (Wildman–Crippen LogP) is 4.81. The Bertz CT molecular complexity index is 938. The Morgan fingerprint density at radius 3 is 2.59 bits per heavy atom. The molecule has 1 aliphatic heterocycles. The standard InChI is InChI=1S/C22H24N2O4S/c1-4-13-24-21(26)19(14-15-7-6-8-18(20(15)25)28-5-2)29-22(24)23-16-9-11-17(27-3)12-10-16/h6-12,14,25H,4-5,13H2,1-3H3. The lowest BCUT2D eigenvalue weighted by molar-refractivity contribution is -0.122. The van der Waals surface area contributed by atoms with Gasteiger partial charge in [0.1, 0.15) is 5.75 Å². The molecule has 1 amide bonds. The molecule has 0 spiro atoms. The van der Waals surface area contributed by atoms with Crippen LogP contribution in [0.5, 0.6) is 17.2 Å². The Morgan fingerprint density at radius 1 is 1.17 bits per heavy atom. The number of hydrogen-bond donors (Lipinski definition) is 1. The minimum Gasteiger partial charge on any atom is -0.504 e. The van der Waals surface area contributed by atoms with Gasteiger partial charge in [-0.15, -0.1) is 0 Å². The number of thioether (sulfide) groups is 1. The van der Waals surface area contributed by atoms with Gasteiger partial charge < -0.3 is 14.6 Å². The van der Waals surface area contributed by atoms with Crippen LogP contribution < -0.4 is 9.47 Å². The number of hydrogen-bond acceptors (Lipinski definition) is 6. The molecule has 2 aromatic carbocycles. The lowest BCUT2D eigenvalue weighted by atomic mass is 10.1. The zero-order valence-corrected chi connectivity index (χ0v) is 17.5. The van der Waals surface area contributed by atoms with Gasteiger partial charge in [0, 0.05) is 12.1 Å². The summed E-state index contributed by atoms with van der Waals surface area (Å²) in [5, 5.41) is 11.1. The van der Waals surface area contributed by atoms with E-state index in [-0.39, 0.29) is 11.7 Å². The number of aromatic hydroxyl groups is 1. The van der Waals surface area contributed by atoms with Crippen molar-refractivity contribution in [2.75, 3.05) is 20.3 Å². The quantitative estimate of drug-likeness (QED) is 0.661. The summed E-state index contributed by atoms with van der Waals surface area (Å²) in [6, 6.07) is 12.6. The van der Waals surface area contributed by atoms with Crippen LogP contribution in [0, 0.1) is 0 Å². The first-order chi connectivity index (χ1) is 14.1. The van der Waals surface area contributed by atoms with Crippen LogP contribution in [0.1, 0.15) is 25.8 Å². The van der Waals surface area contributed by atoms with E-state index in [1.165, 1.54) is 11.8 Å². The number of phenols is 1. The Morgan fingerprint density at radius 2 is 1.93 bits per heavy atom. The smallest absolute Gasteiger partial charge is 0.266 e. The fourth-order valence-corrected chi connectivity index (χ4v) is 3.86. The van der Waals surface area contributed by atoms with E-state index in [1.807, 2.05) is 38.1 Å². The molecule has 0 bridgehead atoms. The third kappa shape index (κ3) is 4.74. The normalized spacial score (nSPS) is 16.7. The summed E-state index contributed by atoms with van der Waals surface area (Å²) in [5.74, 6) is 1.05. The van der Waals surface area contributed by atoms with Crippen LogP contribution in [0.15, 0.2) is 52.4 Å². The number of carbonyl (C=O) groups is 1. The zero-order chi connectivity index (χ0) is 20.8. The second-order valence-corrected chi connectivity index (χ2v) is 7.30. The van der Waals surface area contributed by atoms with E-state index in [4.69, 9.17) is 9.47 Å². The highest BCUT2D eigenvalue weighted by Gasteiger charge is 2.33. The Balaban J connectivity index is 1.93. The van der Waals surface area contributed by atoms with E-state index >= 15 is 0 Å².